The monoisotopic (exact) mass is 371 g/mol. The van der Waals surface area contributed by atoms with Crippen molar-refractivity contribution in [2.24, 2.45) is 11.8 Å². The third-order valence-corrected chi connectivity index (χ3v) is 5.45. The highest BCUT2D eigenvalue weighted by molar-refractivity contribution is 6.06. The molecule has 3 fully saturated rings. The minimum Gasteiger partial charge on any atom is -0.394 e. The maximum absolute atomic E-state index is 12.5. The van der Waals surface area contributed by atoms with Crippen LogP contribution in [0.25, 0.3) is 0 Å². The summed E-state index contributed by atoms with van der Waals surface area (Å²) in [5.74, 6) is -1.61. The van der Waals surface area contributed by atoms with Crippen LogP contribution in [0, 0.1) is 11.8 Å². The van der Waals surface area contributed by atoms with Gasteiger partial charge in [0.05, 0.1) is 43.8 Å². The van der Waals surface area contributed by atoms with Crippen molar-refractivity contribution in [2.75, 3.05) is 19.8 Å². The van der Waals surface area contributed by atoms with E-state index in [-0.39, 0.29) is 37.2 Å². The molecular formula is C16H21NO9. The zero-order valence-corrected chi connectivity index (χ0v) is 13.7. The standard InChI is InChI=1S/C16H21NO9/c18-5-8-11(19)12(20)13(21)16(26-8)24-4-3-17-14(22)9-6-1-2-7(25-6)10(9)15(17)23/h1-2,6-13,16,18-21H,3-5H2/t6?,7?,8-,9?,10?,11-,12+,13+,16+/m1/s1. The summed E-state index contributed by atoms with van der Waals surface area (Å²) >= 11 is 0. The van der Waals surface area contributed by atoms with Gasteiger partial charge in [-0.05, 0) is 0 Å². The predicted molar refractivity (Wildman–Crippen MR) is 81.2 cm³/mol. The SMILES string of the molecule is O=C1C2C3C=CC(O3)C2C(=O)N1CCO[C@H]1O[C@H](CO)[C@@H](O)[C@H](O)[C@@H]1O. The molecule has 0 aromatic heterocycles. The van der Waals surface area contributed by atoms with E-state index in [0.29, 0.717) is 0 Å². The predicted octanol–water partition coefficient (Wildman–Crippen LogP) is -3.26. The molecule has 4 aliphatic heterocycles. The number of ether oxygens (including phenoxy) is 3. The number of aliphatic hydroxyl groups is 4. The van der Waals surface area contributed by atoms with Gasteiger partial charge in [0, 0.05) is 0 Å². The molecule has 10 nitrogen and oxygen atoms in total. The Morgan fingerprint density at radius 3 is 2.15 bits per heavy atom. The largest absolute Gasteiger partial charge is 0.394 e. The average Bonchev–Trinajstić information content (AvgIpc) is 3.31. The zero-order chi connectivity index (χ0) is 18.6. The van der Waals surface area contributed by atoms with Crippen LogP contribution in [0.1, 0.15) is 0 Å². The van der Waals surface area contributed by atoms with Crippen LogP contribution in [0.5, 0.6) is 0 Å². The van der Waals surface area contributed by atoms with E-state index >= 15 is 0 Å². The molecule has 0 aromatic carbocycles. The number of nitrogens with zero attached hydrogens (tertiary/aromatic N) is 1. The number of carbonyl (C=O) groups is 2. The van der Waals surface area contributed by atoms with Crippen molar-refractivity contribution in [1.82, 2.24) is 4.90 Å². The first-order valence-corrected chi connectivity index (χ1v) is 8.55. The summed E-state index contributed by atoms with van der Waals surface area (Å²) in [5.41, 5.74) is 0. The lowest BCUT2D eigenvalue weighted by molar-refractivity contribution is -0.301. The van der Waals surface area contributed by atoms with E-state index in [9.17, 15) is 24.9 Å². The molecule has 4 aliphatic rings. The second-order valence-corrected chi connectivity index (χ2v) is 6.90. The summed E-state index contributed by atoms with van der Waals surface area (Å²) in [5, 5.41) is 38.5. The van der Waals surface area contributed by atoms with Gasteiger partial charge in [-0.1, -0.05) is 12.2 Å². The first-order valence-electron chi connectivity index (χ1n) is 8.55. The van der Waals surface area contributed by atoms with Gasteiger partial charge in [0.25, 0.3) is 0 Å². The van der Waals surface area contributed by atoms with Gasteiger partial charge in [-0.15, -0.1) is 0 Å². The molecule has 10 heteroatoms. The molecule has 26 heavy (non-hydrogen) atoms. The van der Waals surface area contributed by atoms with Crippen molar-refractivity contribution in [1.29, 1.82) is 0 Å². The highest BCUT2D eigenvalue weighted by Crippen LogP contribution is 2.44. The van der Waals surface area contributed by atoms with Gasteiger partial charge < -0.3 is 34.6 Å². The van der Waals surface area contributed by atoms with Crippen molar-refractivity contribution in [2.45, 2.75) is 42.9 Å². The molecule has 0 spiro atoms. The van der Waals surface area contributed by atoms with Crippen LogP contribution in [0.15, 0.2) is 12.2 Å². The van der Waals surface area contributed by atoms with E-state index in [0.717, 1.165) is 4.90 Å². The van der Waals surface area contributed by atoms with Gasteiger partial charge in [0.15, 0.2) is 6.29 Å². The van der Waals surface area contributed by atoms with Crippen LogP contribution < -0.4 is 0 Å². The number of imide groups is 1. The molecule has 4 heterocycles. The Kier molecular flexibility index (Phi) is 4.59. The molecule has 0 aromatic rings. The second-order valence-electron chi connectivity index (χ2n) is 6.90. The number of likely N-dealkylation sites (tertiary alicyclic amines) is 1. The number of fused-ring (bicyclic) bond motifs is 5. The van der Waals surface area contributed by atoms with Gasteiger partial charge in [0.1, 0.15) is 24.4 Å². The molecule has 9 atom stereocenters. The minimum absolute atomic E-state index is 0.0286. The molecule has 0 aliphatic carbocycles. The fraction of sp³-hybridized carbons (Fsp3) is 0.750. The van der Waals surface area contributed by atoms with E-state index in [1.165, 1.54) is 0 Å². The quantitative estimate of drug-likeness (QED) is 0.289. The first-order chi connectivity index (χ1) is 12.4. The van der Waals surface area contributed by atoms with E-state index < -0.39 is 49.1 Å². The molecule has 0 saturated carbocycles. The second kappa shape index (κ2) is 6.64. The van der Waals surface area contributed by atoms with Crippen LogP contribution in [0.4, 0.5) is 0 Å². The van der Waals surface area contributed by atoms with Crippen LogP contribution in [0.3, 0.4) is 0 Å². The summed E-state index contributed by atoms with van der Waals surface area (Å²) in [4.78, 5) is 26.1. The van der Waals surface area contributed by atoms with Crippen molar-refractivity contribution in [3.8, 4) is 0 Å². The summed E-state index contributed by atoms with van der Waals surface area (Å²) in [6, 6.07) is 0. The lowest BCUT2D eigenvalue weighted by atomic mass is 9.85. The van der Waals surface area contributed by atoms with Gasteiger partial charge >= 0.3 is 0 Å². The molecule has 2 bridgehead atoms. The van der Waals surface area contributed by atoms with Gasteiger partial charge in [-0.25, -0.2) is 0 Å². The fourth-order valence-corrected chi connectivity index (χ4v) is 4.05. The Morgan fingerprint density at radius 1 is 0.962 bits per heavy atom. The Labute approximate surface area is 148 Å². The average molecular weight is 371 g/mol. The van der Waals surface area contributed by atoms with E-state index in [1.54, 1.807) is 12.2 Å². The molecule has 3 saturated heterocycles. The molecule has 4 rings (SSSR count). The Balaban J connectivity index is 1.34. The third kappa shape index (κ3) is 2.61. The van der Waals surface area contributed by atoms with Crippen LogP contribution in [-0.4, -0.2) is 99.8 Å². The number of amides is 2. The molecular weight excluding hydrogens is 350 g/mol. The van der Waals surface area contributed by atoms with Gasteiger partial charge in [-0.3, -0.25) is 14.5 Å². The summed E-state index contributed by atoms with van der Waals surface area (Å²) in [6.07, 6.45) is -4.04. The first kappa shape index (κ1) is 18.0. The summed E-state index contributed by atoms with van der Waals surface area (Å²) in [7, 11) is 0. The number of hydrogen-bond donors (Lipinski definition) is 4. The minimum atomic E-state index is -1.54. The van der Waals surface area contributed by atoms with Gasteiger partial charge in [-0.2, -0.15) is 0 Å². The third-order valence-electron chi connectivity index (χ3n) is 5.45. The van der Waals surface area contributed by atoms with Crippen molar-refractivity contribution < 1.29 is 44.2 Å². The van der Waals surface area contributed by atoms with Crippen molar-refractivity contribution >= 4 is 11.8 Å². The van der Waals surface area contributed by atoms with E-state index in [1.807, 2.05) is 0 Å². The maximum atomic E-state index is 12.5. The van der Waals surface area contributed by atoms with Gasteiger partial charge in [0.2, 0.25) is 11.8 Å². The number of aliphatic hydroxyl groups excluding tert-OH is 4. The van der Waals surface area contributed by atoms with Crippen LogP contribution in [-0.2, 0) is 23.8 Å². The van der Waals surface area contributed by atoms with Crippen molar-refractivity contribution in [3.05, 3.63) is 12.2 Å². The van der Waals surface area contributed by atoms with Crippen LogP contribution >= 0.6 is 0 Å². The zero-order valence-electron chi connectivity index (χ0n) is 13.7. The normalized spacial score (nSPS) is 47.1. The highest BCUT2D eigenvalue weighted by Gasteiger charge is 2.60. The Bertz CT molecular complexity index is 593. The Hall–Kier alpha value is -1.40. The highest BCUT2D eigenvalue weighted by atomic mass is 16.7. The number of hydrogen-bond acceptors (Lipinski definition) is 9. The van der Waals surface area contributed by atoms with Crippen LogP contribution in [0.2, 0.25) is 0 Å². The number of carbonyl (C=O) groups excluding carboxylic acids is 2. The van der Waals surface area contributed by atoms with E-state index in [2.05, 4.69) is 0 Å². The summed E-state index contributed by atoms with van der Waals surface area (Å²) < 4.78 is 16.1. The topological polar surface area (TPSA) is 146 Å². The Morgan fingerprint density at radius 2 is 1.58 bits per heavy atom. The molecule has 2 amide bonds. The molecule has 0 radical (unpaired) electrons. The molecule has 4 unspecified atom stereocenters. The number of rotatable bonds is 5. The lowest BCUT2D eigenvalue weighted by Crippen LogP contribution is -2.59. The molecule has 4 N–H and O–H groups in total. The van der Waals surface area contributed by atoms with Crippen molar-refractivity contribution in [3.63, 3.8) is 0 Å². The fourth-order valence-electron chi connectivity index (χ4n) is 4.05. The lowest BCUT2D eigenvalue weighted by Gasteiger charge is -2.39. The molecule has 144 valence electrons. The maximum Gasteiger partial charge on any atom is 0.236 e. The van der Waals surface area contributed by atoms with E-state index in [4.69, 9.17) is 19.3 Å². The smallest absolute Gasteiger partial charge is 0.236 e. The summed E-state index contributed by atoms with van der Waals surface area (Å²) in [6.45, 7) is -0.713.